The highest BCUT2D eigenvalue weighted by atomic mass is 32.1. The summed E-state index contributed by atoms with van der Waals surface area (Å²) in [5, 5.41) is 12.9. The number of hydrogen-bond acceptors (Lipinski definition) is 5. The number of carbonyl (C=O) groups is 1. The maximum atomic E-state index is 10.9. The summed E-state index contributed by atoms with van der Waals surface area (Å²) in [7, 11) is 0. The van der Waals surface area contributed by atoms with E-state index in [0.29, 0.717) is 10.6 Å². The Labute approximate surface area is 117 Å². The maximum Gasteiger partial charge on any atom is 0.347 e. The van der Waals surface area contributed by atoms with Crippen molar-refractivity contribution >= 4 is 22.4 Å². The third kappa shape index (κ3) is 4.18. The Morgan fingerprint density at radius 1 is 1.42 bits per heavy atom. The third-order valence-corrected chi connectivity index (χ3v) is 4.47. The summed E-state index contributed by atoms with van der Waals surface area (Å²) in [4.78, 5) is 18.0. The van der Waals surface area contributed by atoms with Crippen LogP contribution in [0.4, 0.5) is 5.13 Å². The zero-order valence-corrected chi connectivity index (χ0v) is 12.1. The summed E-state index contributed by atoms with van der Waals surface area (Å²) in [6.45, 7) is 6.28. The summed E-state index contributed by atoms with van der Waals surface area (Å²) in [6.07, 6.45) is 4.96. The fourth-order valence-electron chi connectivity index (χ4n) is 2.33. The lowest BCUT2D eigenvalue weighted by atomic mass is 10.3. The molecule has 0 saturated carbocycles. The Morgan fingerprint density at radius 2 is 2.16 bits per heavy atom. The SMILES string of the molecule is Cc1nc(NCCCCN2CCCC2)sc1C(=O)O. The van der Waals surface area contributed by atoms with Gasteiger partial charge in [0.2, 0.25) is 0 Å². The predicted octanol–water partition coefficient (Wildman–Crippen LogP) is 2.44. The van der Waals surface area contributed by atoms with Gasteiger partial charge in [0.05, 0.1) is 5.69 Å². The number of aryl methyl sites for hydroxylation is 1. The molecule has 0 spiro atoms. The first-order valence-corrected chi connectivity index (χ1v) is 7.65. The Balaban J connectivity index is 1.65. The van der Waals surface area contributed by atoms with Crippen molar-refractivity contribution in [3.63, 3.8) is 0 Å². The first-order valence-electron chi connectivity index (χ1n) is 6.84. The number of aromatic nitrogens is 1. The molecule has 0 unspecified atom stereocenters. The highest BCUT2D eigenvalue weighted by Crippen LogP contribution is 2.22. The van der Waals surface area contributed by atoms with Crippen LogP contribution in [0.25, 0.3) is 0 Å². The standard InChI is InChI=1S/C13H21N3O2S/c1-10-11(12(17)18)19-13(15-10)14-6-2-3-7-16-8-4-5-9-16/h2-9H2,1H3,(H,14,15)(H,17,18). The van der Waals surface area contributed by atoms with Crippen LogP contribution in [0, 0.1) is 6.92 Å². The van der Waals surface area contributed by atoms with Crippen LogP contribution >= 0.6 is 11.3 Å². The molecular formula is C13H21N3O2S. The number of carboxylic acids is 1. The van der Waals surface area contributed by atoms with Crippen LogP contribution in [0.2, 0.25) is 0 Å². The molecule has 5 nitrogen and oxygen atoms in total. The summed E-state index contributed by atoms with van der Waals surface area (Å²) >= 11 is 1.22. The fourth-order valence-corrected chi connectivity index (χ4v) is 3.16. The van der Waals surface area contributed by atoms with Gasteiger partial charge < -0.3 is 15.3 Å². The van der Waals surface area contributed by atoms with Crippen molar-refractivity contribution in [1.29, 1.82) is 0 Å². The number of rotatable bonds is 7. The number of thiazole rings is 1. The number of carboxylic acid groups (broad SMARTS) is 1. The lowest BCUT2D eigenvalue weighted by Gasteiger charge is -2.13. The minimum atomic E-state index is -0.892. The molecule has 0 aliphatic carbocycles. The quantitative estimate of drug-likeness (QED) is 0.752. The van der Waals surface area contributed by atoms with Gasteiger partial charge in [-0.1, -0.05) is 11.3 Å². The van der Waals surface area contributed by atoms with Crippen LogP contribution in [0.1, 0.15) is 41.0 Å². The van der Waals surface area contributed by atoms with E-state index in [1.165, 1.54) is 50.2 Å². The highest BCUT2D eigenvalue weighted by Gasteiger charge is 2.13. The topological polar surface area (TPSA) is 65.5 Å². The summed E-state index contributed by atoms with van der Waals surface area (Å²) in [5.74, 6) is -0.892. The van der Waals surface area contributed by atoms with Crippen molar-refractivity contribution in [2.45, 2.75) is 32.6 Å². The van der Waals surface area contributed by atoms with Crippen molar-refractivity contribution in [1.82, 2.24) is 9.88 Å². The monoisotopic (exact) mass is 283 g/mol. The Bertz CT molecular complexity index is 428. The zero-order chi connectivity index (χ0) is 13.7. The van der Waals surface area contributed by atoms with Crippen molar-refractivity contribution in [3.05, 3.63) is 10.6 Å². The fraction of sp³-hybridized carbons (Fsp3) is 0.692. The van der Waals surface area contributed by atoms with Gasteiger partial charge in [-0.25, -0.2) is 9.78 Å². The van der Waals surface area contributed by atoms with Crippen LogP contribution in [0.5, 0.6) is 0 Å². The lowest BCUT2D eigenvalue weighted by molar-refractivity contribution is 0.0701. The molecule has 19 heavy (non-hydrogen) atoms. The van der Waals surface area contributed by atoms with E-state index in [2.05, 4.69) is 15.2 Å². The van der Waals surface area contributed by atoms with E-state index in [9.17, 15) is 4.79 Å². The molecule has 0 aromatic carbocycles. The van der Waals surface area contributed by atoms with Crippen LogP contribution in [-0.4, -0.2) is 47.1 Å². The zero-order valence-electron chi connectivity index (χ0n) is 11.3. The largest absolute Gasteiger partial charge is 0.477 e. The van der Waals surface area contributed by atoms with Crippen molar-refractivity contribution in [2.24, 2.45) is 0 Å². The number of likely N-dealkylation sites (tertiary alicyclic amines) is 1. The average Bonchev–Trinajstić information content (AvgIpc) is 2.98. The second-order valence-electron chi connectivity index (χ2n) is 4.92. The number of unbranched alkanes of at least 4 members (excludes halogenated alkanes) is 1. The number of aromatic carboxylic acids is 1. The summed E-state index contributed by atoms with van der Waals surface area (Å²) in [5.41, 5.74) is 0.595. The van der Waals surface area contributed by atoms with E-state index in [-0.39, 0.29) is 0 Å². The molecule has 2 heterocycles. The first-order chi connectivity index (χ1) is 9.16. The molecule has 1 fully saturated rings. The van der Waals surface area contributed by atoms with E-state index in [0.717, 1.165) is 18.1 Å². The maximum absolute atomic E-state index is 10.9. The Morgan fingerprint density at radius 3 is 2.79 bits per heavy atom. The van der Waals surface area contributed by atoms with Gasteiger partial charge in [0.25, 0.3) is 0 Å². The number of anilines is 1. The Kier molecular flexibility index (Phi) is 5.15. The lowest BCUT2D eigenvalue weighted by Crippen LogP contribution is -2.20. The van der Waals surface area contributed by atoms with Gasteiger partial charge in [-0.3, -0.25) is 0 Å². The number of nitrogens with zero attached hydrogens (tertiary/aromatic N) is 2. The first kappa shape index (κ1) is 14.3. The molecule has 1 saturated heterocycles. The molecule has 1 aliphatic rings. The molecule has 1 aromatic rings. The number of nitrogens with one attached hydrogen (secondary N) is 1. The number of hydrogen-bond donors (Lipinski definition) is 2. The van der Waals surface area contributed by atoms with Crippen LogP contribution in [0.15, 0.2) is 0 Å². The van der Waals surface area contributed by atoms with Crippen molar-refractivity contribution in [3.8, 4) is 0 Å². The van der Waals surface area contributed by atoms with E-state index in [4.69, 9.17) is 5.11 Å². The van der Waals surface area contributed by atoms with Crippen molar-refractivity contribution in [2.75, 3.05) is 31.5 Å². The minimum absolute atomic E-state index is 0.333. The van der Waals surface area contributed by atoms with Gasteiger partial charge in [0.1, 0.15) is 4.88 Å². The molecule has 0 radical (unpaired) electrons. The van der Waals surface area contributed by atoms with Crippen LogP contribution < -0.4 is 5.32 Å². The molecule has 6 heteroatoms. The summed E-state index contributed by atoms with van der Waals surface area (Å²) < 4.78 is 0. The van der Waals surface area contributed by atoms with Gasteiger partial charge in [-0.2, -0.15) is 0 Å². The smallest absolute Gasteiger partial charge is 0.347 e. The van der Waals surface area contributed by atoms with Gasteiger partial charge in [-0.05, 0) is 52.2 Å². The van der Waals surface area contributed by atoms with E-state index in [1.54, 1.807) is 6.92 Å². The molecule has 2 N–H and O–H groups in total. The molecule has 0 amide bonds. The van der Waals surface area contributed by atoms with Crippen LogP contribution in [-0.2, 0) is 0 Å². The summed E-state index contributed by atoms with van der Waals surface area (Å²) in [6, 6.07) is 0. The van der Waals surface area contributed by atoms with Gasteiger partial charge in [-0.15, -0.1) is 0 Å². The molecule has 1 aliphatic heterocycles. The van der Waals surface area contributed by atoms with Gasteiger partial charge >= 0.3 is 5.97 Å². The molecule has 2 rings (SSSR count). The van der Waals surface area contributed by atoms with Gasteiger partial charge in [0, 0.05) is 6.54 Å². The predicted molar refractivity (Wildman–Crippen MR) is 77.2 cm³/mol. The molecule has 0 bridgehead atoms. The molecule has 1 aromatic heterocycles. The average molecular weight is 283 g/mol. The third-order valence-electron chi connectivity index (χ3n) is 3.37. The molecular weight excluding hydrogens is 262 g/mol. The van der Waals surface area contributed by atoms with E-state index in [1.807, 2.05) is 0 Å². The molecule has 106 valence electrons. The normalized spacial score (nSPS) is 15.8. The van der Waals surface area contributed by atoms with E-state index >= 15 is 0 Å². The minimum Gasteiger partial charge on any atom is -0.477 e. The van der Waals surface area contributed by atoms with Crippen LogP contribution in [0.3, 0.4) is 0 Å². The van der Waals surface area contributed by atoms with Gasteiger partial charge in [0.15, 0.2) is 5.13 Å². The second-order valence-corrected chi connectivity index (χ2v) is 5.92. The second kappa shape index (κ2) is 6.86. The molecule has 0 atom stereocenters. The Hall–Kier alpha value is -1.14. The van der Waals surface area contributed by atoms with E-state index < -0.39 is 5.97 Å². The van der Waals surface area contributed by atoms with Crippen molar-refractivity contribution < 1.29 is 9.90 Å². The highest BCUT2D eigenvalue weighted by molar-refractivity contribution is 7.17.